The van der Waals surface area contributed by atoms with Crippen molar-refractivity contribution in [1.82, 2.24) is 9.78 Å². The lowest BCUT2D eigenvalue weighted by Gasteiger charge is -1.96. The highest BCUT2D eigenvalue weighted by molar-refractivity contribution is 5.98. The smallest absolute Gasteiger partial charge is 0.325 e. The summed E-state index contributed by atoms with van der Waals surface area (Å²) in [5.41, 5.74) is 0.472. The Labute approximate surface area is 86.2 Å². The summed E-state index contributed by atoms with van der Waals surface area (Å²) in [6.07, 6.45) is 5.82. The normalized spacial score (nSPS) is 10.5. The Hall–Kier alpha value is -2.11. The molecule has 0 aliphatic rings. The zero-order chi connectivity index (χ0) is 11.3. The number of hydrogen-bond donors (Lipinski definition) is 2. The van der Waals surface area contributed by atoms with E-state index in [0.29, 0.717) is 5.69 Å². The van der Waals surface area contributed by atoms with Gasteiger partial charge in [-0.25, -0.2) is 0 Å². The zero-order valence-electron chi connectivity index (χ0n) is 8.17. The molecule has 1 amide bonds. The summed E-state index contributed by atoms with van der Waals surface area (Å²) in [6.45, 7) is 1.51. The van der Waals surface area contributed by atoms with Crippen LogP contribution in [0.3, 0.4) is 0 Å². The van der Waals surface area contributed by atoms with Crippen LogP contribution >= 0.6 is 0 Å². The molecule has 0 bridgehead atoms. The highest BCUT2D eigenvalue weighted by atomic mass is 16.4. The van der Waals surface area contributed by atoms with Gasteiger partial charge in [0.15, 0.2) is 0 Å². The number of hydrogen-bond acceptors (Lipinski definition) is 3. The van der Waals surface area contributed by atoms with Crippen molar-refractivity contribution in [3.05, 3.63) is 24.5 Å². The predicted molar refractivity (Wildman–Crippen MR) is 53.3 cm³/mol. The maximum Gasteiger partial charge on any atom is 0.325 e. The number of carbonyl (C=O) groups excluding carboxylic acids is 1. The van der Waals surface area contributed by atoms with Gasteiger partial charge in [0.2, 0.25) is 5.91 Å². The molecule has 0 saturated heterocycles. The number of carboxylic acids is 1. The number of nitrogens with zero attached hydrogens (tertiary/aromatic N) is 2. The number of rotatable bonds is 4. The number of nitrogens with one attached hydrogen (secondary N) is 1. The standard InChI is InChI=1S/C9H11N3O3/c1-2-3-8(13)11-7-4-10-12(5-7)6-9(14)15/h2-5H,6H2,1H3,(H,11,13)(H,14,15)/b3-2+. The molecule has 0 atom stereocenters. The van der Waals surface area contributed by atoms with E-state index in [9.17, 15) is 9.59 Å². The summed E-state index contributed by atoms with van der Waals surface area (Å²) in [7, 11) is 0. The van der Waals surface area contributed by atoms with Crippen LogP contribution in [0.5, 0.6) is 0 Å². The maximum absolute atomic E-state index is 11.1. The average Bonchev–Trinajstić information content (AvgIpc) is 2.51. The molecular formula is C9H11N3O3. The van der Waals surface area contributed by atoms with Gasteiger partial charge in [-0.1, -0.05) is 6.08 Å². The van der Waals surface area contributed by atoms with E-state index in [2.05, 4.69) is 10.4 Å². The van der Waals surface area contributed by atoms with E-state index in [1.807, 2.05) is 0 Å². The van der Waals surface area contributed by atoms with Crippen molar-refractivity contribution in [2.24, 2.45) is 0 Å². The lowest BCUT2D eigenvalue weighted by molar-refractivity contribution is -0.137. The Morgan fingerprint density at radius 3 is 3.00 bits per heavy atom. The summed E-state index contributed by atoms with van der Waals surface area (Å²) in [5, 5.41) is 14.8. The lowest BCUT2D eigenvalue weighted by atomic mass is 10.4. The Morgan fingerprint density at radius 2 is 2.40 bits per heavy atom. The fourth-order valence-corrected chi connectivity index (χ4v) is 0.988. The van der Waals surface area contributed by atoms with Gasteiger partial charge in [-0.05, 0) is 13.0 Å². The molecule has 0 fully saturated rings. The van der Waals surface area contributed by atoms with E-state index in [-0.39, 0.29) is 12.5 Å². The first-order valence-corrected chi connectivity index (χ1v) is 4.29. The minimum absolute atomic E-state index is 0.223. The minimum atomic E-state index is -0.982. The lowest BCUT2D eigenvalue weighted by Crippen LogP contribution is -2.09. The third-order valence-electron chi connectivity index (χ3n) is 1.52. The molecular weight excluding hydrogens is 198 g/mol. The van der Waals surface area contributed by atoms with Gasteiger partial charge >= 0.3 is 5.97 Å². The van der Waals surface area contributed by atoms with Crippen LogP contribution in [0.1, 0.15) is 6.92 Å². The fraction of sp³-hybridized carbons (Fsp3) is 0.222. The van der Waals surface area contributed by atoms with Crippen LogP contribution < -0.4 is 5.32 Å². The third kappa shape index (κ3) is 3.63. The van der Waals surface area contributed by atoms with E-state index < -0.39 is 5.97 Å². The number of carboxylic acid groups (broad SMARTS) is 1. The van der Waals surface area contributed by atoms with Crippen molar-refractivity contribution in [3.8, 4) is 0 Å². The molecule has 1 rings (SSSR count). The van der Waals surface area contributed by atoms with Gasteiger partial charge in [0.05, 0.1) is 11.9 Å². The fourth-order valence-electron chi connectivity index (χ4n) is 0.988. The molecule has 0 spiro atoms. The van der Waals surface area contributed by atoms with Crippen molar-refractivity contribution in [2.45, 2.75) is 13.5 Å². The molecule has 1 aromatic heterocycles. The largest absolute Gasteiger partial charge is 0.480 e. The second-order valence-corrected chi connectivity index (χ2v) is 2.81. The quantitative estimate of drug-likeness (QED) is 0.706. The van der Waals surface area contributed by atoms with Gasteiger partial charge in [0, 0.05) is 6.20 Å². The van der Waals surface area contributed by atoms with Crippen molar-refractivity contribution in [2.75, 3.05) is 5.32 Å². The topological polar surface area (TPSA) is 84.2 Å². The first kappa shape index (κ1) is 11.0. The Bertz CT molecular complexity index is 395. The van der Waals surface area contributed by atoms with E-state index >= 15 is 0 Å². The molecule has 1 heterocycles. The number of amides is 1. The van der Waals surface area contributed by atoms with Crippen LogP contribution in [0, 0.1) is 0 Å². The zero-order valence-corrected chi connectivity index (χ0v) is 8.17. The molecule has 80 valence electrons. The summed E-state index contributed by atoms with van der Waals surface area (Å²) in [4.78, 5) is 21.4. The van der Waals surface area contributed by atoms with Crippen LogP contribution in [0.15, 0.2) is 24.5 Å². The first-order valence-electron chi connectivity index (χ1n) is 4.29. The van der Waals surface area contributed by atoms with Crippen molar-refractivity contribution in [1.29, 1.82) is 0 Å². The first-order chi connectivity index (χ1) is 7.11. The van der Waals surface area contributed by atoms with Crippen LogP contribution in [0.25, 0.3) is 0 Å². The van der Waals surface area contributed by atoms with Gasteiger partial charge in [0.25, 0.3) is 0 Å². The predicted octanol–water partition coefficient (Wildman–Crippen LogP) is 0.482. The van der Waals surface area contributed by atoms with Crippen LogP contribution in [0.2, 0.25) is 0 Å². The molecule has 0 radical (unpaired) electrons. The minimum Gasteiger partial charge on any atom is -0.480 e. The number of carbonyl (C=O) groups is 2. The SMILES string of the molecule is C/C=C/C(=O)Nc1cnn(CC(=O)O)c1. The number of aliphatic carboxylic acids is 1. The molecule has 0 aromatic carbocycles. The molecule has 1 aromatic rings. The van der Waals surface area contributed by atoms with Gasteiger partial charge in [-0.2, -0.15) is 5.10 Å². The molecule has 15 heavy (non-hydrogen) atoms. The summed E-state index contributed by atoms with van der Waals surface area (Å²) in [6, 6.07) is 0. The highest BCUT2D eigenvalue weighted by Gasteiger charge is 2.03. The molecule has 6 heteroatoms. The monoisotopic (exact) mass is 209 g/mol. The average molecular weight is 209 g/mol. The van der Waals surface area contributed by atoms with Crippen molar-refractivity contribution in [3.63, 3.8) is 0 Å². The van der Waals surface area contributed by atoms with Crippen molar-refractivity contribution >= 4 is 17.6 Å². The summed E-state index contributed by atoms with van der Waals surface area (Å²) in [5.74, 6) is -1.25. The maximum atomic E-state index is 11.1. The van der Waals surface area contributed by atoms with E-state index in [0.717, 1.165) is 0 Å². The summed E-state index contributed by atoms with van der Waals surface area (Å²) >= 11 is 0. The van der Waals surface area contributed by atoms with Crippen molar-refractivity contribution < 1.29 is 14.7 Å². The highest BCUT2D eigenvalue weighted by Crippen LogP contribution is 2.04. The van der Waals surface area contributed by atoms with Crippen LogP contribution in [0.4, 0.5) is 5.69 Å². The van der Waals surface area contributed by atoms with Gasteiger partial charge in [-0.3, -0.25) is 14.3 Å². The molecule has 6 nitrogen and oxygen atoms in total. The van der Waals surface area contributed by atoms with Crippen LogP contribution in [-0.2, 0) is 16.1 Å². The Kier molecular flexibility index (Phi) is 3.61. The molecule has 2 N–H and O–H groups in total. The van der Waals surface area contributed by atoms with Gasteiger partial charge in [0.1, 0.15) is 6.54 Å². The molecule has 0 aliphatic carbocycles. The molecule has 0 aliphatic heterocycles. The third-order valence-corrected chi connectivity index (χ3v) is 1.52. The van der Waals surface area contributed by atoms with E-state index in [1.54, 1.807) is 13.0 Å². The summed E-state index contributed by atoms with van der Waals surface area (Å²) < 4.78 is 1.23. The molecule has 0 unspecified atom stereocenters. The number of aromatic nitrogens is 2. The van der Waals surface area contributed by atoms with Gasteiger partial charge < -0.3 is 10.4 Å². The Morgan fingerprint density at radius 1 is 1.67 bits per heavy atom. The van der Waals surface area contributed by atoms with Gasteiger partial charge in [-0.15, -0.1) is 0 Å². The second kappa shape index (κ2) is 4.94. The molecule has 0 saturated carbocycles. The number of allylic oxidation sites excluding steroid dienone is 1. The Balaban J connectivity index is 2.60. The van der Waals surface area contributed by atoms with Crippen LogP contribution in [-0.4, -0.2) is 26.8 Å². The number of anilines is 1. The second-order valence-electron chi connectivity index (χ2n) is 2.81. The van der Waals surface area contributed by atoms with E-state index in [4.69, 9.17) is 5.11 Å². The van der Waals surface area contributed by atoms with E-state index in [1.165, 1.54) is 23.2 Å².